The minimum Gasteiger partial charge on any atom is -0.507 e. The number of aliphatic hydroxyl groups is 1. The molecule has 4 heterocycles. The van der Waals surface area contributed by atoms with Crippen LogP contribution < -0.4 is 4.74 Å². The number of ether oxygens (including phenoxy) is 1. The first kappa shape index (κ1) is 20.5. The summed E-state index contributed by atoms with van der Waals surface area (Å²) in [6.45, 7) is 3.08. The Bertz CT molecular complexity index is 1180. The quantitative estimate of drug-likeness (QED) is 0.352. The summed E-state index contributed by atoms with van der Waals surface area (Å²) in [6.07, 6.45) is 6.79. The highest BCUT2D eigenvalue weighted by Crippen LogP contribution is 2.42. The number of ketones is 1. The summed E-state index contributed by atoms with van der Waals surface area (Å²) in [5.41, 5.74) is 1.66. The maximum Gasteiger partial charge on any atom is 0.295 e. The van der Waals surface area contributed by atoms with E-state index in [2.05, 4.69) is 4.98 Å². The second kappa shape index (κ2) is 8.27. The van der Waals surface area contributed by atoms with E-state index in [4.69, 9.17) is 4.74 Å². The fourth-order valence-electron chi connectivity index (χ4n) is 4.42. The van der Waals surface area contributed by atoms with Crippen molar-refractivity contribution in [1.82, 2.24) is 14.5 Å². The molecule has 164 valence electrons. The van der Waals surface area contributed by atoms with Crippen molar-refractivity contribution in [3.05, 3.63) is 76.0 Å². The fraction of sp³-hybridized carbons (Fsp3) is 0.292. The van der Waals surface area contributed by atoms with Crippen LogP contribution in [-0.2, 0) is 22.6 Å². The van der Waals surface area contributed by atoms with Crippen LogP contribution >= 0.6 is 11.3 Å². The minimum atomic E-state index is -0.645. The molecule has 1 amide bonds. The first-order chi connectivity index (χ1) is 15.5. The van der Waals surface area contributed by atoms with Crippen LogP contribution in [0.25, 0.3) is 5.76 Å². The molecule has 2 aliphatic rings. The summed E-state index contributed by atoms with van der Waals surface area (Å²) in [6, 6.07) is 8.60. The number of imidazole rings is 1. The van der Waals surface area contributed by atoms with Crippen LogP contribution in [0.1, 0.15) is 35.4 Å². The van der Waals surface area contributed by atoms with Gasteiger partial charge >= 0.3 is 0 Å². The number of aliphatic hydroxyl groups excluding tert-OH is 1. The van der Waals surface area contributed by atoms with Gasteiger partial charge in [0.2, 0.25) is 0 Å². The van der Waals surface area contributed by atoms with Gasteiger partial charge in [0.05, 0.1) is 17.9 Å². The highest BCUT2D eigenvalue weighted by molar-refractivity contribution is 7.10. The third-order valence-electron chi connectivity index (χ3n) is 5.90. The number of rotatable bonds is 6. The zero-order valence-corrected chi connectivity index (χ0v) is 18.4. The van der Waals surface area contributed by atoms with Crippen molar-refractivity contribution in [2.75, 3.05) is 6.54 Å². The van der Waals surface area contributed by atoms with Gasteiger partial charge in [-0.1, -0.05) is 6.07 Å². The van der Waals surface area contributed by atoms with Crippen LogP contribution in [0.5, 0.6) is 5.75 Å². The molecule has 1 saturated heterocycles. The average Bonchev–Trinajstić information content (AvgIpc) is 3.57. The number of aryl methyl sites for hydroxylation is 1. The van der Waals surface area contributed by atoms with Crippen molar-refractivity contribution in [2.24, 2.45) is 0 Å². The van der Waals surface area contributed by atoms with Crippen LogP contribution in [0, 0.1) is 0 Å². The Morgan fingerprint density at radius 2 is 2.16 bits per heavy atom. The summed E-state index contributed by atoms with van der Waals surface area (Å²) in [5.74, 6) is -0.563. The van der Waals surface area contributed by atoms with Gasteiger partial charge in [0.25, 0.3) is 11.7 Å². The number of nitrogens with zero attached hydrogens (tertiary/aromatic N) is 3. The minimum absolute atomic E-state index is 0.0783. The van der Waals surface area contributed by atoms with Crippen LogP contribution in [0.15, 0.2) is 60.0 Å². The second-order valence-corrected chi connectivity index (χ2v) is 9.10. The third-order valence-corrected chi connectivity index (χ3v) is 6.82. The number of hydrogen-bond donors (Lipinski definition) is 1. The van der Waals surface area contributed by atoms with Crippen LogP contribution in [0.2, 0.25) is 0 Å². The van der Waals surface area contributed by atoms with Gasteiger partial charge in [0.15, 0.2) is 0 Å². The molecule has 1 aromatic carbocycles. The van der Waals surface area contributed by atoms with Crippen molar-refractivity contribution in [1.29, 1.82) is 0 Å². The lowest BCUT2D eigenvalue weighted by Gasteiger charge is -2.24. The first-order valence-corrected chi connectivity index (χ1v) is 11.5. The molecule has 0 radical (unpaired) electrons. The topological polar surface area (TPSA) is 84.7 Å². The van der Waals surface area contributed by atoms with E-state index in [0.717, 1.165) is 22.6 Å². The predicted molar refractivity (Wildman–Crippen MR) is 120 cm³/mol. The van der Waals surface area contributed by atoms with E-state index < -0.39 is 17.7 Å². The highest BCUT2D eigenvalue weighted by atomic mass is 32.1. The lowest BCUT2D eigenvalue weighted by molar-refractivity contribution is -0.139. The monoisotopic (exact) mass is 449 g/mol. The summed E-state index contributed by atoms with van der Waals surface area (Å²) in [4.78, 5) is 32.5. The molecule has 0 aliphatic carbocycles. The zero-order chi connectivity index (χ0) is 22.2. The number of amides is 1. The average molecular weight is 450 g/mol. The van der Waals surface area contributed by atoms with E-state index in [1.54, 1.807) is 23.5 Å². The Hall–Kier alpha value is -3.39. The summed E-state index contributed by atoms with van der Waals surface area (Å²) >= 11 is 1.47. The highest BCUT2D eigenvalue weighted by Gasteiger charge is 2.46. The van der Waals surface area contributed by atoms with Gasteiger partial charge in [-0.15, -0.1) is 11.3 Å². The van der Waals surface area contributed by atoms with Gasteiger partial charge < -0.3 is 19.3 Å². The molecule has 7 nitrogen and oxygen atoms in total. The van der Waals surface area contributed by atoms with Gasteiger partial charge in [-0.25, -0.2) is 4.98 Å². The van der Waals surface area contributed by atoms with E-state index in [0.29, 0.717) is 25.1 Å². The Balaban J connectivity index is 1.49. The first-order valence-electron chi connectivity index (χ1n) is 10.6. The van der Waals surface area contributed by atoms with Crippen molar-refractivity contribution < 1.29 is 19.4 Å². The molecule has 2 aromatic heterocycles. The lowest BCUT2D eigenvalue weighted by Crippen LogP contribution is -2.31. The molecule has 32 heavy (non-hydrogen) atoms. The van der Waals surface area contributed by atoms with E-state index >= 15 is 0 Å². The summed E-state index contributed by atoms with van der Waals surface area (Å²) < 4.78 is 7.68. The molecular formula is C24H23N3O4S. The molecule has 1 fully saturated rings. The summed E-state index contributed by atoms with van der Waals surface area (Å²) in [5, 5.41) is 13.1. The number of thiophene rings is 1. The molecule has 0 unspecified atom stereocenters. The van der Waals surface area contributed by atoms with Crippen LogP contribution in [0.4, 0.5) is 0 Å². The number of Topliss-reactive ketones (excluding diaryl/α,β-unsaturated/α-hetero) is 1. The molecule has 5 rings (SSSR count). The van der Waals surface area contributed by atoms with E-state index in [1.807, 2.05) is 47.3 Å². The van der Waals surface area contributed by atoms with Crippen molar-refractivity contribution in [2.45, 2.75) is 38.5 Å². The standard InChI is InChI=1S/C24H23N3O4S/c1-15-12-17-13-16(5-6-18(17)31-15)22(28)20-21(19-4-2-11-32-19)27(24(30)23(20)29)9-3-8-26-10-7-25-14-26/h2,4-7,10-11,13-15,21,28H,3,8-9,12H2,1H3/t15-,21-/m0/s1. The Labute approximate surface area is 189 Å². The molecule has 0 spiro atoms. The fourth-order valence-corrected chi connectivity index (χ4v) is 5.27. The number of carbonyl (C=O) groups is 2. The molecule has 0 bridgehead atoms. The van der Waals surface area contributed by atoms with Gasteiger partial charge in [-0.3, -0.25) is 9.59 Å². The van der Waals surface area contributed by atoms with E-state index in [-0.39, 0.29) is 17.4 Å². The zero-order valence-electron chi connectivity index (χ0n) is 17.6. The van der Waals surface area contributed by atoms with Gasteiger partial charge in [-0.05, 0) is 48.6 Å². The molecule has 1 N–H and O–H groups in total. The second-order valence-electron chi connectivity index (χ2n) is 8.12. The number of aromatic nitrogens is 2. The molecule has 0 saturated carbocycles. The molecule has 2 aliphatic heterocycles. The third kappa shape index (κ3) is 3.60. The number of likely N-dealkylation sites (tertiary alicyclic amines) is 1. The molecule has 8 heteroatoms. The SMILES string of the molecule is C[C@H]1Cc2cc(C(O)=C3C(=O)C(=O)N(CCCn4ccnc4)[C@H]3c3cccs3)ccc2O1. The van der Waals surface area contributed by atoms with Crippen molar-refractivity contribution >= 4 is 28.8 Å². The molecular weight excluding hydrogens is 426 g/mol. The molecule has 2 atom stereocenters. The lowest BCUT2D eigenvalue weighted by atomic mass is 9.98. The Kier molecular flexibility index (Phi) is 5.30. The van der Waals surface area contributed by atoms with E-state index in [9.17, 15) is 14.7 Å². The number of carbonyl (C=O) groups excluding carboxylic acids is 2. The van der Waals surface area contributed by atoms with Crippen LogP contribution in [-0.4, -0.2) is 43.9 Å². The maximum atomic E-state index is 13.1. The predicted octanol–water partition coefficient (Wildman–Crippen LogP) is 3.78. The van der Waals surface area contributed by atoms with Crippen molar-refractivity contribution in [3.63, 3.8) is 0 Å². The normalized spacial score (nSPS) is 21.7. The Morgan fingerprint density at radius 3 is 2.91 bits per heavy atom. The van der Waals surface area contributed by atoms with Crippen LogP contribution in [0.3, 0.4) is 0 Å². The van der Waals surface area contributed by atoms with Crippen molar-refractivity contribution in [3.8, 4) is 5.75 Å². The molecule has 3 aromatic rings. The smallest absolute Gasteiger partial charge is 0.295 e. The summed E-state index contributed by atoms with van der Waals surface area (Å²) in [7, 11) is 0. The van der Waals surface area contributed by atoms with E-state index in [1.165, 1.54) is 11.3 Å². The Morgan fingerprint density at radius 1 is 1.28 bits per heavy atom. The number of benzene rings is 1. The van der Waals surface area contributed by atoms with Gasteiger partial charge in [-0.2, -0.15) is 0 Å². The number of hydrogen-bond acceptors (Lipinski definition) is 6. The number of fused-ring (bicyclic) bond motifs is 1. The largest absolute Gasteiger partial charge is 0.507 e. The van der Waals surface area contributed by atoms with Gasteiger partial charge in [0, 0.05) is 42.3 Å². The van der Waals surface area contributed by atoms with Gasteiger partial charge in [0.1, 0.15) is 17.6 Å². The maximum absolute atomic E-state index is 13.1.